The van der Waals surface area contributed by atoms with Gasteiger partial charge in [0.1, 0.15) is 0 Å². The van der Waals surface area contributed by atoms with E-state index < -0.39 is 0 Å². The highest BCUT2D eigenvalue weighted by Gasteiger charge is 2.73. The highest BCUT2D eigenvalue weighted by molar-refractivity contribution is 5.24. The Labute approximate surface area is 346 Å². The molecule has 0 aromatic carbocycles. The quantitative estimate of drug-likeness (QED) is 0.0454. The minimum Gasteiger partial charge on any atom is -0.378 e. The Bertz CT molecular complexity index is 1070. The molecule has 8 nitrogen and oxygen atoms in total. The molecule has 2 unspecified atom stereocenters. The molecule has 0 bridgehead atoms. The molecular weight excluding hydrogens is 695 g/mol. The molecular formula is C48H95N5O3. The molecule has 4 fully saturated rings. The van der Waals surface area contributed by atoms with Gasteiger partial charge in [0.25, 0.3) is 0 Å². The third kappa shape index (κ3) is 11.7. The molecule has 8 heteroatoms. The Hall–Kier alpha value is -0.320. The Morgan fingerprint density at radius 1 is 0.607 bits per heavy atom. The number of nitrogens with two attached hydrogens (primary N) is 4. The Balaban J connectivity index is 1.37. The molecule has 0 spiro atoms. The highest BCUT2D eigenvalue weighted by atomic mass is 16.5. The number of ether oxygens (including phenoxy) is 3. The van der Waals surface area contributed by atoms with Crippen molar-refractivity contribution in [3.63, 3.8) is 0 Å². The maximum Gasteiger partial charge on any atom is 0.0652 e. The van der Waals surface area contributed by atoms with E-state index in [4.69, 9.17) is 37.1 Å². The number of hydrogen-bond donors (Lipinski definition) is 5. The predicted molar refractivity (Wildman–Crippen MR) is 237 cm³/mol. The van der Waals surface area contributed by atoms with Gasteiger partial charge in [-0.1, -0.05) is 105 Å². The van der Waals surface area contributed by atoms with Crippen LogP contribution in [-0.4, -0.2) is 76.4 Å². The molecule has 0 aromatic rings. The number of nitrogens with one attached hydrogen (secondary N) is 1. The summed E-state index contributed by atoms with van der Waals surface area (Å²) in [6, 6.07) is 0. The van der Waals surface area contributed by atoms with Gasteiger partial charge in [0.2, 0.25) is 0 Å². The fourth-order valence-corrected chi connectivity index (χ4v) is 13.3. The molecule has 9 N–H and O–H groups in total. The monoisotopic (exact) mass is 790 g/mol. The van der Waals surface area contributed by atoms with Gasteiger partial charge in [-0.15, -0.1) is 0 Å². The maximum atomic E-state index is 7.75. The van der Waals surface area contributed by atoms with E-state index >= 15 is 0 Å². The standard InChI is InChI=1S/C48H95N5O3/c1-6-7-8-9-10-11-12-13-14-15-16-17-30-53-31-18-22-38(2)40-23-24-41-46(40,4)43(55-33-20-28-50)35-42-45(3)26-25-39(54-32-19-27-49)36-48(45,52)37-44(47(41,42)5)56-34-21-29-51/h38-44,53H,6-37,49-52H2,1-5H3/t38-,39-,40-,41-,42-,43+,44?,45-,46-,47?,48-/m1/s1. The van der Waals surface area contributed by atoms with Crippen LogP contribution in [0.2, 0.25) is 0 Å². The van der Waals surface area contributed by atoms with Gasteiger partial charge >= 0.3 is 0 Å². The molecule has 330 valence electrons. The van der Waals surface area contributed by atoms with Gasteiger partial charge in [0.05, 0.1) is 18.3 Å². The molecule has 4 aliphatic carbocycles. The fourth-order valence-electron chi connectivity index (χ4n) is 13.3. The van der Waals surface area contributed by atoms with E-state index in [0.717, 1.165) is 71.1 Å². The summed E-state index contributed by atoms with van der Waals surface area (Å²) in [4.78, 5) is 0. The van der Waals surface area contributed by atoms with Crippen LogP contribution < -0.4 is 28.3 Å². The second kappa shape index (κ2) is 24.2. The summed E-state index contributed by atoms with van der Waals surface area (Å²) in [6.45, 7) is 19.1. The van der Waals surface area contributed by atoms with Crippen molar-refractivity contribution in [2.24, 2.45) is 62.9 Å². The summed E-state index contributed by atoms with van der Waals surface area (Å²) < 4.78 is 20.6. The predicted octanol–water partition coefficient (Wildman–Crippen LogP) is 9.25. The lowest BCUT2D eigenvalue weighted by molar-refractivity contribution is -0.272. The van der Waals surface area contributed by atoms with E-state index in [0.29, 0.717) is 49.9 Å². The van der Waals surface area contributed by atoms with Crippen molar-refractivity contribution in [1.82, 2.24) is 5.32 Å². The van der Waals surface area contributed by atoms with Gasteiger partial charge in [-0.2, -0.15) is 0 Å². The zero-order valence-electron chi connectivity index (χ0n) is 37.7. The van der Waals surface area contributed by atoms with Gasteiger partial charge in [-0.3, -0.25) is 0 Å². The van der Waals surface area contributed by atoms with Crippen LogP contribution in [0.15, 0.2) is 0 Å². The van der Waals surface area contributed by atoms with E-state index in [9.17, 15) is 0 Å². The van der Waals surface area contributed by atoms with E-state index in [1.165, 1.54) is 109 Å². The SMILES string of the molecule is CCCCCCCCCCCCCCNCCC[C@@H](C)[C@H]1CC[C@H]2C3(C)C(OCCCN)C[C@]4(N)C[C@H](OCCCN)CC[C@]4(C)[C@H]3C[C@H](OCCCN)[C@]12C. The van der Waals surface area contributed by atoms with Crippen molar-refractivity contribution in [3.05, 3.63) is 0 Å². The molecule has 56 heavy (non-hydrogen) atoms. The molecule has 4 aliphatic rings. The average Bonchev–Trinajstić information content (AvgIpc) is 3.55. The number of rotatable bonds is 30. The second-order valence-electron chi connectivity index (χ2n) is 20.2. The lowest BCUT2D eigenvalue weighted by Gasteiger charge is -2.72. The number of fused-ring (bicyclic) bond motifs is 5. The first-order valence-corrected chi connectivity index (χ1v) is 24.5. The first-order chi connectivity index (χ1) is 27.1. The molecule has 0 aromatic heterocycles. The summed E-state index contributed by atoms with van der Waals surface area (Å²) in [5.74, 6) is 2.24. The van der Waals surface area contributed by atoms with E-state index in [1.54, 1.807) is 0 Å². The Kier molecular flexibility index (Phi) is 20.9. The van der Waals surface area contributed by atoms with E-state index in [1.807, 2.05) is 0 Å². The first-order valence-electron chi connectivity index (χ1n) is 24.5. The third-order valence-corrected chi connectivity index (χ3v) is 16.6. The fraction of sp³-hybridized carbons (Fsp3) is 1.00. The van der Waals surface area contributed by atoms with Crippen LogP contribution >= 0.6 is 0 Å². The van der Waals surface area contributed by atoms with E-state index in [-0.39, 0.29) is 40.1 Å². The van der Waals surface area contributed by atoms with Crippen LogP contribution in [0.1, 0.15) is 189 Å². The van der Waals surface area contributed by atoms with Crippen LogP contribution in [0.5, 0.6) is 0 Å². The van der Waals surface area contributed by atoms with Gasteiger partial charge in [0.15, 0.2) is 0 Å². The zero-order chi connectivity index (χ0) is 40.5. The molecule has 0 heterocycles. The summed E-state index contributed by atoms with van der Waals surface area (Å²) in [5, 5.41) is 3.81. The zero-order valence-corrected chi connectivity index (χ0v) is 37.7. The topological polar surface area (TPSA) is 144 Å². The summed E-state index contributed by atoms with van der Waals surface area (Å²) in [6.07, 6.45) is 30.2. The van der Waals surface area contributed by atoms with Crippen molar-refractivity contribution >= 4 is 0 Å². The molecule has 0 aliphatic heterocycles. The molecule has 0 saturated heterocycles. The van der Waals surface area contributed by atoms with Crippen molar-refractivity contribution in [3.8, 4) is 0 Å². The van der Waals surface area contributed by atoms with Crippen LogP contribution in [0.4, 0.5) is 0 Å². The number of hydrogen-bond acceptors (Lipinski definition) is 8. The lowest BCUT2D eigenvalue weighted by atomic mass is 9.36. The minimum absolute atomic E-state index is 0.0110. The van der Waals surface area contributed by atoms with Crippen molar-refractivity contribution in [1.29, 1.82) is 0 Å². The van der Waals surface area contributed by atoms with Crippen molar-refractivity contribution in [2.45, 2.75) is 213 Å². The van der Waals surface area contributed by atoms with Gasteiger partial charge in [0, 0.05) is 36.2 Å². The number of unbranched alkanes of at least 4 members (excludes halogenated alkanes) is 11. The third-order valence-electron chi connectivity index (χ3n) is 16.6. The van der Waals surface area contributed by atoms with E-state index in [2.05, 4.69) is 39.9 Å². The summed E-state index contributed by atoms with van der Waals surface area (Å²) in [7, 11) is 0. The minimum atomic E-state index is -0.350. The summed E-state index contributed by atoms with van der Waals surface area (Å²) in [5.41, 5.74) is 25.4. The molecule has 0 radical (unpaired) electrons. The molecule has 4 saturated carbocycles. The normalized spacial score (nSPS) is 35.9. The first kappa shape index (κ1) is 48.3. The van der Waals surface area contributed by atoms with Gasteiger partial charge in [-0.05, 0) is 145 Å². The molecule has 11 atom stereocenters. The Morgan fingerprint density at radius 2 is 1.16 bits per heavy atom. The smallest absolute Gasteiger partial charge is 0.0652 e. The van der Waals surface area contributed by atoms with Gasteiger partial charge < -0.3 is 42.5 Å². The van der Waals surface area contributed by atoms with Crippen LogP contribution in [0.25, 0.3) is 0 Å². The van der Waals surface area contributed by atoms with Gasteiger partial charge in [-0.25, -0.2) is 0 Å². The maximum absolute atomic E-state index is 7.75. The second-order valence-corrected chi connectivity index (χ2v) is 20.2. The lowest BCUT2D eigenvalue weighted by Crippen LogP contribution is -2.75. The van der Waals surface area contributed by atoms with Crippen LogP contribution in [-0.2, 0) is 14.2 Å². The van der Waals surface area contributed by atoms with Crippen molar-refractivity contribution in [2.75, 3.05) is 52.5 Å². The van der Waals surface area contributed by atoms with Crippen LogP contribution in [0, 0.1) is 39.9 Å². The van der Waals surface area contributed by atoms with Crippen molar-refractivity contribution < 1.29 is 14.2 Å². The molecule has 0 amide bonds. The summed E-state index contributed by atoms with van der Waals surface area (Å²) >= 11 is 0. The largest absolute Gasteiger partial charge is 0.378 e. The highest BCUT2D eigenvalue weighted by Crippen LogP contribution is 2.74. The average molecular weight is 790 g/mol. The van der Waals surface area contributed by atoms with Crippen LogP contribution in [0.3, 0.4) is 0 Å². The molecule has 4 rings (SSSR count). The Morgan fingerprint density at radius 3 is 1.77 bits per heavy atom.